The normalized spacial score (nSPS) is 20.7. The Morgan fingerprint density at radius 3 is 2.43 bits per heavy atom. The Labute approximate surface area is 177 Å². The molecule has 5 nitrogen and oxygen atoms in total. The zero-order valence-corrected chi connectivity index (χ0v) is 18.0. The van der Waals surface area contributed by atoms with E-state index in [4.69, 9.17) is 4.74 Å². The lowest BCUT2D eigenvalue weighted by Crippen LogP contribution is -2.40. The third-order valence-electron chi connectivity index (χ3n) is 6.16. The Morgan fingerprint density at radius 1 is 1.10 bits per heavy atom. The van der Waals surface area contributed by atoms with Crippen LogP contribution in [0.15, 0.2) is 54.6 Å². The van der Waals surface area contributed by atoms with E-state index >= 15 is 0 Å². The molecule has 0 saturated heterocycles. The minimum Gasteiger partial charge on any atom is -0.465 e. The predicted molar refractivity (Wildman–Crippen MR) is 118 cm³/mol. The first-order valence-corrected chi connectivity index (χ1v) is 10.4. The van der Waals surface area contributed by atoms with Gasteiger partial charge in [0.1, 0.15) is 0 Å². The third kappa shape index (κ3) is 2.96. The maximum atomic E-state index is 13.8. The molecule has 0 fully saturated rings. The molecule has 1 aromatic heterocycles. The van der Waals surface area contributed by atoms with Gasteiger partial charge in [0.15, 0.2) is 5.41 Å². The Bertz CT molecular complexity index is 1100. The van der Waals surface area contributed by atoms with Crippen molar-refractivity contribution >= 4 is 22.8 Å². The monoisotopic (exact) mass is 404 g/mol. The fourth-order valence-corrected chi connectivity index (χ4v) is 4.70. The summed E-state index contributed by atoms with van der Waals surface area (Å²) in [6.45, 7) is 4.61. The van der Waals surface area contributed by atoms with E-state index in [-0.39, 0.29) is 12.5 Å². The van der Waals surface area contributed by atoms with E-state index in [1.54, 1.807) is 18.4 Å². The van der Waals surface area contributed by atoms with Crippen LogP contribution in [0.2, 0.25) is 0 Å². The van der Waals surface area contributed by atoms with Gasteiger partial charge in [-0.1, -0.05) is 48.5 Å². The van der Waals surface area contributed by atoms with Crippen LogP contribution in [0.3, 0.4) is 0 Å². The number of aromatic nitrogens is 1. The molecule has 2 atom stereocenters. The maximum absolute atomic E-state index is 13.8. The maximum Gasteiger partial charge on any atom is 0.322 e. The molecular weight excluding hydrogens is 376 g/mol. The van der Waals surface area contributed by atoms with Gasteiger partial charge < -0.3 is 9.64 Å². The standard InChI is InChI=1S/C25H28N2O3/c1-5-30-24(29)25(2)21(17-11-7-6-8-12-17)22-19(15-16-26(3)4)18-13-9-10-14-20(18)27(22)23(25)28/h6-14,21H,5,15-16H2,1-4H3. The number of carbonyl (C=O) groups is 2. The number of benzene rings is 2. The lowest BCUT2D eigenvalue weighted by Gasteiger charge is -2.28. The second-order valence-corrected chi connectivity index (χ2v) is 8.34. The Balaban J connectivity index is 2.02. The van der Waals surface area contributed by atoms with Crippen molar-refractivity contribution in [3.8, 4) is 0 Å². The van der Waals surface area contributed by atoms with Crippen LogP contribution in [0.1, 0.15) is 41.4 Å². The van der Waals surface area contributed by atoms with Crippen LogP contribution in [0.25, 0.3) is 10.9 Å². The summed E-state index contributed by atoms with van der Waals surface area (Å²) in [5.74, 6) is -1.07. The summed E-state index contributed by atoms with van der Waals surface area (Å²) in [4.78, 5) is 29.1. The lowest BCUT2D eigenvalue weighted by molar-refractivity contribution is -0.151. The van der Waals surface area contributed by atoms with Crippen molar-refractivity contribution in [3.05, 3.63) is 71.4 Å². The molecule has 0 aliphatic carbocycles. The average molecular weight is 405 g/mol. The zero-order chi connectivity index (χ0) is 21.5. The van der Waals surface area contributed by atoms with Gasteiger partial charge >= 0.3 is 5.97 Å². The summed E-state index contributed by atoms with van der Waals surface area (Å²) in [6.07, 6.45) is 0.797. The van der Waals surface area contributed by atoms with Gasteiger partial charge in [0.05, 0.1) is 12.1 Å². The van der Waals surface area contributed by atoms with E-state index < -0.39 is 17.3 Å². The molecule has 4 rings (SSSR count). The van der Waals surface area contributed by atoms with Gasteiger partial charge in [-0.25, -0.2) is 0 Å². The number of hydrogen-bond donors (Lipinski definition) is 0. The topological polar surface area (TPSA) is 51.5 Å². The van der Waals surface area contributed by atoms with E-state index in [0.717, 1.165) is 40.7 Å². The summed E-state index contributed by atoms with van der Waals surface area (Å²) in [7, 11) is 4.09. The molecule has 0 radical (unpaired) electrons. The molecule has 1 aliphatic heterocycles. The molecule has 2 heterocycles. The third-order valence-corrected chi connectivity index (χ3v) is 6.16. The first kappa shape index (κ1) is 20.4. The van der Waals surface area contributed by atoms with Crippen LogP contribution >= 0.6 is 0 Å². The number of likely N-dealkylation sites (N-methyl/N-ethyl adjacent to an activating group) is 1. The van der Waals surface area contributed by atoms with Crippen molar-refractivity contribution in [2.45, 2.75) is 26.2 Å². The van der Waals surface area contributed by atoms with Gasteiger partial charge in [0.2, 0.25) is 5.91 Å². The summed E-state index contributed by atoms with van der Waals surface area (Å²) < 4.78 is 7.19. The minimum absolute atomic E-state index is 0.211. The number of hydrogen-bond acceptors (Lipinski definition) is 4. The SMILES string of the molecule is CCOC(=O)C1(C)C(=O)n2c(c(CCN(C)C)c3ccccc32)C1c1ccccc1. The Kier molecular flexibility index (Phi) is 5.24. The number of ether oxygens (including phenoxy) is 1. The highest BCUT2D eigenvalue weighted by molar-refractivity contribution is 6.12. The molecule has 0 bridgehead atoms. The fourth-order valence-electron chi connectivity index (χ4n) is 4.70. The van der Waals surface area contributed by atoms with Crippen molar-refractivity contribution in [3.63, 3.8) is 0 Å². The highest BCUT2D eigenvalue weighted by Crippen LogP contribution is 2.52. The quantitative estimate of drug-likeness (QED) is 0.458. The van der Waals surface area contributed by atoms with Crippen molar-refractivity contribution < 1.29 is 14.3 Å². The number of rotatable bonds is 6. The van der Waals surface area contributed by atoms with E-state index in [1.165, 1.54) is 0 Å². The van der Waals surface area contributed by atoms with Gasteiger partial charge in [-0.3, -0.25) is 14.2 Å². The fraction of sp³-hybridized carbons (Fsp3) is 0.360. The van der Waals surface area contributed by atoms with Crippen LogP contribution in [0, 0.1) is 5.41 Å². The number of carbonyl (C=O) groups excluding carboxylic acids is 2. The minimum atomic E-state index is -1.30. The molecule has 3 aromatic rings. The summed E-state index contributed by atoms with van der Waals surface area (Å²) in [5.41, 5.74) is 2.57. The van der Waals surface area contributed by atoms with Crippen molar-refractivity contribution in [2.24, 2.45) is 5.41 Å². The summed E-state index contributed by atoms with van der Waals surface area (Å²) >= 11 is 0. The van der Waals surface area contributed by atoms with E-state index in [9.17, 15) is 9.59 Å². The highest BCUT2D eigenvalue weighted by atomic mass is 16.5. The molecule has 2 unspecified atom stereocenters. The highest BCUT2D eigenvalue weighted by Gasteiger charge is 2.58. The van der Waals surface area contributed by atoms with Crippen LogP contribution in [0.5, 0.6) is 0 Å². The molecule has 0 N–H and O–H groups in total. The first-order valence-electron chi connectivity index (χ1n) is 10.4. The van der Waals surface area contributed by atoms with Crippen LogP contribution < -0.4 is 0 Å². The molecule has 156 valence electrons. The number of nitrogens with zero attached hydrogens (tertiary/aromatic N) is 2. The second-order valence-electron chi connectivity index (χ2n) is 8.34. The average Bonchev–Trinajstić information content (AvgIpc) is 3.17. The van der Waals surface area contributed by atoms with Gasteiger partial charge in [0, 0.05) is 23.5 Å². The molecule has 30 heavy (non-hydrogen) atoms. The Hall–Kier alpha value is -2.92. The molecule has 0 spiro atoms. The van der Waals surface area contributed by atoms with Crippen LogP contribution in [-0.2, 0) is 16.0 Å². The number of para-hydroxylation sites is 1. The summed E-state index contributed by atoms with van der Waals surface area (Å²) in [6, 6.07) is 17.8. The smallest absolute Gasteiger partial charge is 0.322 e. The lowest BCUT2D eigenvalue weighted by atomic mass is 9.72. The zero-order valence-electron chi connectivity index (χ0n) is 18.0. The predicted octanol–water partition coefficient (Wildman–Crippen LogP) is 4.10. The van der Waals surface area contributed by atoms with E-state index in [0.29, 0.717) is 0 Å². The largest absolute Gasteiger partial charge is 0.465 e. The van der Waals surface area contributed by atoms with Gasteiger partial charge in [0.25, 0.3) is 0 Å². The molecule has 0 amide bonds. The van der Waals surface area contributed by atoms with Crippen LogP contribution in [0.4, 0.5) is 0 Å². The molecular formula is C25H28N2O3. The number of fused-ring (bicyclic) bond motifs is 3. The molecule has 2 aromatic carbocycles. The molecule has 5 heteroatoms. The Morgan fingerprint density at radius 2 is 1.77 bits per heavy atom. The first-order chi connectivity index (χ1) is 14.4. The molecule has 1 aliphatic rings. The van der Waals surface area contributed by atoms with Crippen LogP contribution in [-0.4, -0.2) is 48.6 Å². The number of esters is 1. The van der Waals surface area contributed by atoms with Gasteiger partial charge in [-0.05, 0) is 51.6 Å². The van der Waals surface area contributed by atoms with Crippen molar-refractivity contribution in [2.75, 3.05) is 27.2 Å². The van der Waals surface area contributed by atoms with Gasteiger partial charge in [-0.15, -0.1) is 0 Å². The van der Waals surface area contributed by atoms with E-state index in [1.807, 2.05) is 62.6 Å². The second kappa shape index (κ2) is 7.73. The van der Waals surface area contributed by atoms with E-state index in [2.05, 4.69) is 11.0 Å². The van der Waals surface area contributed by atoms with Crippen molar-refractivity contribution in [1.82, 2.24) is 9.47 Å². The van der Waals surface area contributed by atoms with Crippen molar-refractivity contribution in [1.29, 1.82) is 0 Å². The summed E-state index contributed by atoms with van der Waals surface area (Å²) in [5, 5.41) is 1.08. The molecule has 0 saturated carbocycles. The van der Waals surface area contributed by atoms with Gasteiger partial charge in [-0.2, -0.15) is 0 Å².